The predicted molar refractivity (Wildman–Crippen MR) is 81.7 cm³/mol. The van der Waals surface area contributed by atoms with Crippen LogP contribution in [0.25, 0.3) is 0 Å². The molecule has 0 radical (unpaired) electrons. The number of hydrogen-bond donors (Lipinski definition) is 0. The first-order chi connectivity index (χ1) is 10.7. The summed E-state index contributed by atoms with van der Waals surface area (Å²) in [5.41, 5.74) is 0.152. The molecule has 2 aromatic rings. The van der Waals surface area contributed by atoms with Gasteiger partial charge in [-0.25, -0.2) is 17.2 Å². The average Bonchev–Trinajstić information content (AvgIpc) is 2.48. The van der Waals surface area contributed by atoms with Crippen molar-refractivity contribution in [2.75, 3.05) is 13.3 Å². The Morgan fingerprint density at radius 1 is 1.13 bits per heavy atom. The lowest BCUT2D eigenvalue weighted by Gasteiger charge is -2.19. The number of carbonyl (C=O) groups excluding carboxylic acids is 1. The molecule has 0 fully saturated rings. The number of carbonyl (C=O) groups is 1. The largest absolute Gasteiger partial charge is 0.337 e. The van der Waals surface area contributed by atoms with Gasteiger partial charge in [-0.15, -0.1) is 0 Å². The molecule has 0 unspecified atom stereocenters. The van der Waals surface area contributed by atoms with Gasteiger partial charge in [0.2, 0.25) is 0 Å². The minimum atomic E-state index is -3.57. The summed E-state index contributed by atoms with van der Waals surface area (Å²) >= 11 is 0. The summed E-state index contributed by atoms with van der Waals surface area (Å²) in [6.07, 6.45) is 1.01. The Morgan fingerprint density at radius 3 is 2.39 bits per heavy atom. The lowest BCUT2D eigenvalue weighted by Crippen LogP contribution is -2.28. The molecule has 0 aliphatic carbocycles. The van der Waals surface area contributed by atoms with Crippen LogP contribution in [0.4, 0.5) is 8.78 Å². The maximum absolute atomic E-state index is 13.7. The zero-order valence-electron chi connectivity index (χ0n) is 12.6. The maximum Gasteiger partial charge on any atom is 0.255 e. The second-order valence-electron chi connectivity index (χ2n) is 5.17. The third-order valence-electron chi connectivity index (χ3n) is 3.29. The zero-order chi connectivity index (χ0) is 17.2. The Labute approximate surface area is 133 Å². The topological polar surface area (TPSA) is 54.5 Å². The Morgan fingerprint density at radius 2 is 1.78 bits per heavy atom. The van der Waals surface area contributed by atoms with Crippen molar-refractivity contribution in [3.05, 3.63) is 65.2 Å². The van der Waals surface area contributed by atoms with Gasteiger partial charge in [0, 0.05) is 31.5 Å². The van der Waals surface area contributed by atoms with E-state index in [0.717, 1.165) is 18.4 Å². The molecule has 0 heterocycles. The van der Waals surface area contributed by atoms with Gasteiger partial charge in [-0.1, -0.05) is 18.2 Å². The van der Waals surface area contributed by atoms with Crippen LogP contribution >= 0.6 is 0 Å². The minimum absolute atomic E-state index is 0.0139. The van der Waals surface area contributed by atoms with E-state index in [0.29, 0.717) is 0 Å². The summed E-state index contributed by atoms with van der Waals surface area (Å²) in [6.45, 7) is -0.108. The minimum Gasteiger partial charge on any atom is -0.337 e. The highest BCUT2D eigenvalue weighted by molar-refractivity contribution is 7.90. The molecule has 0 spiro atoms. The molecule has 4 nitrogen and oxygen atoms in total. The van der Waals surface area contributed by atoms with E-state index in [4.69, 9.17) is 0 Å². The molecular weight excluding hydrogens is 324 g/mol. The van der Waals surface area contributed by atoms with Crippen LogP contribution in [0.3, 0.4) is 0 Å². The molecule has 0 saturated carbocycles. The second kappa shape index (κ2) is 6.45. The third kappa shape index (κ3) is 3.92. The van der Waals surface area contributed by atoms with Gasteiger partial charge < -0.3 is 4.90 Å². The fraction of sp³-hybridized carbons (Fsp3) is 0.188. The first-order valence-corrected chi connectivity index (χ1v) is 8.58. The lowest BCUT2D eigenvalue weighted by atomic mass is 10.1. The van der Waals surface area contributed by atoms with Gasteiger partial charge >= 0.3 is 0 Å². The normalized spacial score (nSPS) is 11.3. The van der Waals surface area contributed by atoms with Crippen molar-refractivity contribution in [3.8, 4) is 0 Å². The Balaban J connectivity index is 2.31. The predicted octanol–water partition coefficient (Wildman–Crippen LogP) is 2.64. The summed E-state index contributed by atoms with van der Waals surface area (Å²) in [4.78, 5) is 13.6. The van der Waals surface area contributed by atoms with E-state index in [9.17, 15) is 22.0 Å². The molecule has 2 rings (SSSR count). The van der Waals surface area contributed by atoms with Crippen LogP contribution in [-0.2, 0) is 16.4 Å². The summed E-state index contributed by atoms with van der Waals surface area (Å²) in [6, 6.07) is 8.89. The Bertz CT molecular complexity index is 850. The summed E-state index contributed by atoms with van der Waals surface area (Å²) in [5, 5.41) is 0. The van der Waals surface area contributed by atoms with Crippen LogP contribution in [0.5, 0.6) is 0 Å². The molecule has 0 bridgehead atoms. The van der Waals surface area contributed by atoms with Crippen LogP contribution < -0.4 is 0 Å². The molecule has 0 saturated heterocycles. The highest BCUT2D eigenvalue weighted by atomic mass is 32.2. The highest BCUT2D eigenvalue weighted by Gasteiger charge is 2.21. The molecule has 0 aliphatic heterocycles. The Kier molecular flexibility index (Phi) is 4.79. The number of benzene rings is 2. The first kappa shape index (κ1) is 17.1. The lowest BCUT2D eigenvalue weighted by molar-refractivity contribution is 0.0780. The second-order valence-corrected chi connectivity index (χ2v) is 7.15. The van der Waals surface area contributed by atoms with Crippen molar-refractivity contribution in [2.24, 2.45) is 0 Å². The number of halogens is 2. The number of sulfone groups is 1. The van der Waals surface area contributed by atoms with Gasteiger partial charge in [0.05, 0.1) is 10.5 Å². The van der Waals surface area contributed by atoms with Crippen molar-refractivity contribution in [1.82, 2.24) is 4.90 Å². The molecule has 122 valence electrons. The van der Waals surface area contributed by atoms with E-state index in [1.807, 2.05) is 0 Å². The molecule has 0 aromatic heterocycles. The van der Waals surface area contributed by atoms with E-state index >= 15 is 0 Å². The van der Waals surface area contributed by atoms with E-state index in [1.54, 1.807) is 6.07 Å². The number of nitrogens with zero attached hydrogens (tertiary/aromatic N) is 1. The zero-order valence-corrected chi connectivity index (χ0v) is 13.4. The Hall–Kier alpha value is -2.28. The molecule has 23 heavy (non-hydrogen) atoms. The molecule has 0 atom stereocenters. The standard InChI is InChI=1S/C16H15F2NO3S/c1-19(10-11-7-8-12(17)9-14(11)18)16(20)13-5-3-4-6-15(13)23(2,21)22/h3-9H,10H2,1-2H3. The van der Waals surface area contributed by atoms with Gasteiger partial charge in [0.1, 0.15) is 11.6 Å². The molecule has 2 aromatic carbocycles. The van der Waals surface area contributed by atoms with E-state index in [-0.39, 0.29) is 22.6 Å². The fourth-order valence-corrected chi connectivity index (χ4v) is 3.03. The summed E-state index contributed by atoms with van der Waals surface area (Å²) in [5.74, 6) is -2.03. The van der Waals surface area contributed by atoms with Gasteiger partial charge in [0.15, 0.2) is 9.84 Å². The summed E-state index contributed by atoms with van der Waals surface area (Å²) < 4.78 is 50.1. The van der Waals surface area contributed by atoms with Crippen LogP contribution in [-0.4, -0.2) is 32.5 Å². The third-order valence-corrected chi connectivity index (χ3v) is 4.44. The van der Waals surface area contributed by atoms with Gasteiger partial charge in [-0.2, -0.15) is 0 Å². The van der Waals surface area contributed by atoms with Crippen LogP contribution in [0, 0.1) is 11.6 Å². The van der Waals surface area contributed by atoms with Crippen molar-refractivity contribution in [3.63, 3.8) is 0 Å². The average molecular weight is 339 g/mol. The van der Waals surface area contributed by atoms with Crippen LogP contribution in [0.1, 0.15) is 15.9 Å². The number of amides is 1. The van der Waals surface area contributed by atoms with Crippen LogP contribution in [0.2, 0.25) is 0 Å². The summed E-state index contributed by atoms with van der Waals surface area (Å²) in [7, 11) is -2.15. The number of hydrogen-bond acceptors (Lipinski definition) is 3. The molecule has 1 amide bonds. The smallest absolute Gasteiger partial charge is 0.255 e. The van der Waals surface area contributed by atoms with Gasteiger partial charge in [-0.05, 0) is 18.2 Å². The molecule has 0 aliphatic rings. The van der Waals surface area contributed by atoms with E-state index in [2.05, 4.69) is 0 Å². The fourth-order valence-electron chi connectivity index (χ4n) is 2.15. The van der Waals surface area contributed by atoms with Crippen LogP contribution in [0.15, 0.2) is 47.4 Å². The number of rotatable bonds is 4. The van der Waals surface area contributed by atoms with Gasteiger partial charge in [0.25, 0.3) is 5.91 Å². The molecular formula is C16H15F2NO3S. The van der Waals surface area contributed by atoms with Crippen molar-refractivity contribution in [2.45, 2.75) is 11.4 Å². The first-order valence-electron chi connectivity index (χ1n) is 6.68. The quantitative estimate of drug-likeness (QED) is 0.860. The molecule has 7 heteroatoms. The van der Waals surface area contributed by atoms with E-state index in [1.165, 1.54) is 36.2 Å². The van der Waals surface area contributed by atoms with Crippen molar-refractivity contribution >= 4 is 15.7 Å². The van der Waals surface area contributed by atoms with Crippen molar-refractivity contribution in [1.29, 1.82) is 0 Å². The maximum atomic E-state index is 13.7. The highest BCUT2D eigenvalue weighted by Crippen LogP contribution is 2.19. The van der Waals surface area contributed by atoms with Gasteiger partial charge in [-0.3, -0.25) is 4.79 Å². The molecule has 0 N–H and O–H groups in total. The van der Waals surface area contributed by atoms with E-state index < -0.39 is 27.4 Å². The SMILES string of the molecule is CN(Cc1ccc(F)cc1F)C(=O)c1ccccc1S(C)(=O)=O. The monoisotopic (exact) mass is 339 g/mol. The van der Waals surface area contributed by atoms with Crippen molar-refractivity contribution < 1.29 is 22.0 Å².